The van der Waals surface area contributed by atoms with Crippen molar-refractivity contribution in [3.05, 3.63) is 101 Å². The van der Waals surface area contributed by atoms with E-state index in [1.807, 2.05) is 31.2 Å². The lowest BCUT2D eigenvalue weighted by molar-refractivity contribution is -0.127. The minimum absolute atomic E-state index is 0.215. The van der Waals surface area contributed by atoms with Gasteiger partial charge in [-0.05, 0) is 70.9 Å². The average Bonchev–Trinajstić information content (AvgIpc) is 3.24. The molecule has 1 fully saturated rings. The van der Waals surface area contributed by atoms with Gasteiger partial charge in [0.2, 0.25) is 5.91 Å². The Kier molecular flexibility index (Phi) is 8.55. The van der Waals surface area contributed by atoms with E-state index < -0.39 is 23.6 Å². The molecule has 0 radical (unpaired) electrons. The van der Waals surface area contributed by atoms with Gasteiger partial charge in [-0.3, -0.25) is 19.3 Å². The summed E-state index contributed by atoms with van der Waals surface area (Å²) >= 11 is 0.786. The van der Waals surface area contributed by atoms with Crippen molar-refractivity contribution >= 4 is 51.4 Å². The number of para-hydroxylation sites is 2. The second-order valence-corrected chi connectivity index (χ2v) is 10.1. The van der Waals surface area contributed by atoms with Gasteiger partial charge in [0.15, 0.2) is 11.5 Å². The Labute approximate surface area is 241 Å². The number of ether oxygens (including phenoxy) is 3. The van der Waals surface area contributed by atoms with Gasteiger partial charge >= 0.3 is 0 Å². The molecule has 4 aromatic carbocycles. The van der Waals surface area contributed by atoms with Crippen LogP contribution in [0.1, 0.15) is 18.1 Å². The quantitative estimate of drug-likeness (QED) is 0.218. The van der Waals surface area contributed by atoms with E-state index in [0.29, 0.717) is 41.7 Å². The van der Waals surface area contributed by atoms with Gasteiger partial charge in [-0.2, -0.15) is 0 Å². The van der Waals surface area contributed by atoms with Crippen molar-refractivity contribution in [3.8, 4) is 17.2 Å². The van der Waals surface area contributed by atoms with Crippen molar-refractivity contribution in [2.24, 2.45) is 0 Å². The highest BCUT2D eigenvalue weighted by Crippen LogP contribution is 2.35. The monoisotopic (exact) mass is 568 g/mol. The number of thioether (sulfide) groups is 1. The standard InChI is InChI=1S/C32H28N2O6S/c1-3-39-28-17-21(15-16-27(28)40-20-23-11-8-10-22-9-4-5-12-24(22)23)18-29-31(36)34(32(37)41-29)19-30(35)33-25-13-6-7-14-26(25)38-2/h4-18H,3,19-20H2,1-2H3,(H,33,35)/b29-18+. The van der Waals surface area contributed by atoms with Gasteiger partial charge in [0.05, 0.1) is 24.3 Å². The molecule has 1 aliphatic heterocycles. The molecule has 0 aliphatic carbocycles. The molecule has 3 amide bonds. The number of anilines is 1. The van der Waals surface area contributed by atoms with E-state index in [0.717, 1.165) is 33.0 Å². The highest BCUT2D eigenvalue weighted by Gasteiger charge is 2.36. The summed E-state index contributed by atoms with van der Waals surface area (Å²) in [5.74, 6) is 0.522. The second kappa shape index (κ2) is 12.6. The Hall–Kier alpha value is -4.76. The van der Waals surface area contributed by atoms with E-state index in [9.17, 15) is 14.4 Å². The van der Waals surface area contributed by atoms with Crippen LogP contribution in [0.2, 0.25) is 0 Å². The molecule has 1 heterocycles. The molecule has 208 valence electrons. The molecular formula is C32H28N2O6S. The van der Waals surface area contributed by atoms with Crippen LogP contribution in [-0.2, 0) is 16.2 Å². The third kappa shape index (κ3) is 6.36. The number of fused-ring (bicyclic) bond motifs is 1. The molecule has 1 aliphatic rings. The first-order valence-electron chi connectivity index (χ1n) is 13.0. The fourth-order valence-corrected chi connectivity index (χ4v) is 5.28. The minimum atomic E-state index is -0.538. The Morgan fingerprint density at radius 3 is 2.51 bits per heavy atom. The summed E-state index contributed by atoms with van der Waals surface area (Å²) in [7, 11) is 1.49. The third-order valence-electron chi connectivity index (χ3n) is 6.38. The number of carbonyl (C=O) groups is 3. The van der Waals surface area contributed by atoms with E-state index in [4.69, 9.17) is 14.2 Å². The topological polar surface area (TPSA) is 94.2 Å². The molecule has 4 aromatic rings. The number of benzene rings is 4. The molecule has 0 aromatic heterocycles. The Morgan fingerprint density at radius 2 is 1.68 bits per heavy atom. The summed E-state index contributed by atoms with van der Waals surface area (Å²) in [6, 6.07) is 26.5. The first-order chi connectivity index (χ1) is 20.0. The summed E-state index contributed by atoms with van der Waals surface area (Å²) in [5, 5.41) is 4.43. The van der Waals surface area contributed by atoms with Gasteiger partial charge in [0, 0.05) is 0 Å². The maximum Gasteiger partial charge on any atom is 0.294 e. The normalized spacial score (nSPS) is 14.0. The van der Waals surface area contributed by atoms with E-state index in [-0.39, 0.29) is 4.91 Å². The molecule has 0 saturated carbocycles. The van der Waals surface area contributed by atoms with Crippen molar-refractivity contribution in [2.45, 2.75) is 13.5 Å². The highest BCUT2D eigenvalue weighted by atomic mass is 32.2. The number of imide groups is 1. The summed E-state index contributed by atoms with van der Waals surface area (Å²) in [6.07, 6.45) is 1.61. The second-order valence-electron chi connectivity index (χ2n) is 9.08. The van der Waals surface area contributed by atoms with Crippen LogP contribution in [0.4, 0.5) is 10.5 Å². The first kappa shape index (κ1) is 27.8. The fraction of sp³-hybridized carbons (Fsp3) is 0.156. The molecule has 5 rings (SSSR count). The molecule has 41 heavy (non-hydrogen) atoms. The van der Waals surface area contributed by atoms with Crippen molar-refractivity contribution in [1.82, 2.24) is 4.90 Å². The largest absolute Gasteiger partial charge is 0.495 e. The summed E-state index contributed by atoms with van der Waals surface area (Å²) in [6.45, 7) is 2.25. The lowest BCUT2D eigenvalue weighted by Crippen LogP contribution is -2.36. The SMILES string of the molecule is CCOc1cc(/C=C2/SC(=O)N(CC(=O)Nc3ccccc3OC)C2=O)ccc1OCc1cccc2ccccc12. The van der Waals surface area contributed by atoms with Crippen molar-refractivity contribution < 1.29 is 28.6 Å². The molecule has 8 nitrogen and oxygen atoms in total. The lowest BCUT2D eigenvalue weighted by Gasteiger charge is -2.14. The number of amides is 3. The molecule has 0 bridgehead atoms. The van der Waals surface area contributed by atoms with E-state index in [1.165, 1.54) is 7.11 Å². The maximum atomic E-state index is 13.0. The van der Waals surface area contributed by atoms with E-state index >= 15 is 0 Å². The predicted octanol–water partition coefficient (Wildman–Crippen LogP) is 6.50. The zero-order chi connectivity index (χ0) is 28.8. The molecule has 9 heteroatoms. The van der Waals surface area contributed by atoms with Gasteiger partial charge in [-0.1, -0.05) is 60.7 Å². The molecule has 1 N–H and O–H groups in total. The van der Waals surface area contributed by atoms with Crippen LogP contribution in [0.15, 0.2) is 89.8 Å². The number of hydrogen-bond donors (Lipinski definition) is 1. The fourth-order valence-electron chi connectivity index (χ4n) is 4.44. The van der Waals surface area contributed by atoms with Crippen LogP contribution in [0.25, 0.3) is 16.8 Å². The first-order valence-corrected chi connectivity index (χ1v) is 13.8. The smallest absolute Gasteiger partial charge is 0.294 e. The number of nitrogens with zero attached hydrogens (tertiary/aromatic N) is 1. The predicted molar refractivity (Wildman–Crippen MR) is 160 cm³/mol. The minimum Gasteiger partial charge on any atom is -0.495 e. The van der Waals surface area contributed by atoms with Crippen LogP contribution in [0, 0.1) is 0 Å². The molecular weight excluding hydrogens is 540 g/mol. The maximum absolute atomic E-state index is 13.0. The van der Waals surface area contributed by atoms with Crippen molar-refractivity contribution in [1.29, 1.82) is 0 Å². The molecule has 0 unspecified atom stereocenters. The highest BCUT2D eigenvalue weighted by molar-refractivity contribution is 8.18. The number of nitrogens with one attached hydrogen (secondary N) is 1. The van der Waals surface area contributed by atoms with Crippen LogP contribution in [-0.4, -0.2) is 42.2 Å². The molecule has 0 atom stereocenters. The Bertz CT molecular complexity index is 1650. The summed E-state index contributed by atoms with van der Waals surface area (Å²) in [5.41, 5.74) is 2.17. The Morgan fingerprint density at radius 1 is 0.902 bits per heavy atom. The van der Waals surface area contributed by atoms with Crippen LogP contribution in [0.3, 0.4) is 0 Å². The van der Waals surface area contributed by atoms with E-state index in [2.05, 4.69) is 23.5 Å². The zero-order valence-corrected chi connectivity index (χ0v) is 23.4. The van der Waals surface area contributed by atoms with Gasteiger partial charge in [0.1, 0.15) is 18.9 Å². The van der Waals surface area contributed by atoms with Crippen molar-refractivity contribution in [3.63, 3.8) is 0 Å². The third-order valence-corrected chi connectivity index (χ3v) is 7.29. The van der Waals surface area contributed by atoms with Crippen molar-refractivity contribution in [2.75, 3.05) is 25.6 Å². The number of methoxy groups -OCH3 is 1. The Balaban J connectivity index is 1.29. The number of rotatable bonds is 10. The summed E-state index contributed by atoms with van der Waals surface area (Å²) in [4.78, 5) is 39.4. The van der Waals surface area contributed by atoms with Gasteiger partial charge in [0.25, 0.3) is 11.1 Å². The number of hydrogen-bond acceptors (Lipinski definition) is 7. The van der Waals surface area contributed by atoms with Crippen LogP contribution in [0.5, 0.6) is 17.2 Å². The van der Waals surface area contributed by atoms with Crippen LogP contribution < -0.4 is 19.5 Å². The van der Waals surface area contributed by atoms with E-state index in [1.54, 1.807) is 48.5 Å². The number of carbonyl (C=O) groups excluding carboxylic acids is 3. The van der Waals surface area contributed by atoms with Gasteiger partial charge in [-0.15, -0.1) is 0 Å². The zero-order valence-electron chi connectivity index (χ0n) is 22.6. The average molecular weight is 569 g/mol. The molecule has 1 saturated heterocycles. The molecule has 0 spiro atoms. The van der Waals surface area contributed by atoms with Crippen LogP contribution >= 0.6 is 11.8 Å². The van der Waals surface area contributed by atoms with Gasteiger partial charge in [-0.25, -0.2) is 0 Å². The van der Waals surface area contributed by atoms with Gasteiger partial charge < -0.3 is 19.5 Å². The summed E-state index contributed by atoms with van der Waals surface area (Å²) < 4.78 is 17.2. The lowest BCUT2D eigenvalue weighted by atomic mass is 10.1.